The second-order valence-corrected chi connectivity index (χ2v) is 4.94. The first-order chi connectivity index (χ1) is 9.38. The van der Waals surface area contributed by atoms with Gasteiger partial charge < -0.3 is 10.4 Å². The lowest BCUT2D eigenvalue weighted by molar-refractivity contribution is 0.102. The average molecular weight is 294 g/mol. The van der Waals surface area contributed by atoms with Crippen LogP contribution in [0, 0.1) is 19.7 Å². The Kier molecular flexibility index (Phi) is 3.95. The number of aryl methyl sites for hydroxylation is 2. The van der Waals surface area contributed by atoms with E-state index < -0.39 is 11.7 Å². The number of nitrogens with one attached hydrogen (secondary N) is 1. The lowest BCUT2D eigenvalue weighted by Gasteiger charge is -2.11. The van der Waals surface area contributed by atoms with Crippen molar-refractivity contribution in [1.82, 2.24) is 0 Å². The van der Waals surface area contributed by atoms with E-state index in [-0.39, 0.29) is 16.3 Å². The van der Waals surface area contributed by atoms with E-state index in [1.165, 1.54) is 12.1 Å². The van der Waals surface area contributed by atoms with Crippen LogP contribution in [0.4, 0.5) is 10.1 Å². The van der Waals surface area contributed by atoms with Crippen molar-refractivity contribution < 1.29 is 14.3 Å². The minimum absolute atomic E-state index is 0.0294. The SMILES string of the molecule is Cc1cc(NC(=O)c2ccc(Cl)c(F)c2)c(C)cc1O. The molecule has 3 nitrogen and oxygen atoms in total. The number of phenolic OH excluding ortho intramolecular Hbond substituents is 1. The molecule has 5 heteroatoms. The number of phenols is 1. The van der Waals surface area contributed by atoms with Crippen molar-refractivity contribution >= 4 is 23.2 Å². The summed E-state index contributed by atoms with van der Waals surface area (Å²) in [5.41, 5.74) is 2.11. The van der Waals surface area contributed by atoms with Crippen LogP contribution >= 0.6 is 11.6 Å². The monoisotopic (exact) mass is 293 g/mol. The summed E-state index contributed by atoms with van der Waals surface area (Å²) in [5.74, 6) is -0.912. The maximum absolute atomic E-state index is 13.3. The summed E-state index contributed by atoms with van der Waals surface area (Å²) in [5, 5.41) is 12.2. The van der Waals surface area contributed by atoms with Crippen LogP contribution in [0.2, 0.25) is 5.02 Å². The van der Waals surface area contributed by atoms with Gasteiger partial charge in [0, 0.05) is 11.3 Å². The first-order valence-corrected chi connectivity index (χ1v) is 6.33. The molecule has 2 aromatic carbocycles. The normalized spacial score (nSPS) is 10.4. The molecule has 2 rings (SSSR count). The van der Waals surface area contributed by atoms with Gasteiger partial charge in [-0.1, -0.05) is 11.6 Å². The van der Waals surface area contributed by atoms with Gasteiger partial charge in [-0.15, -0.1) is 0 Å². The third-order valence-corrected chi connectivity index (χ3v) is 3.28. The zero-order valence-electron chi connectivity index (χ0n) is 11.0. The fourth-order valence-electron chi connectivity index (χ4n) is 1.77. The topological polar surface area (TPSA) is 49.3 Å². The molecule has 0 heterocycles. The average Bonchev–Trinajstić information content (AvgIpc) is 2.39. The molecule has 0 atom stereocenters. The maximum Gasteiger partial charge on any atom is 0.255 e. The van der Waals surface area contributed by atoms with E-state index in [0.29, 0.717) is 11.3 Å². The highest BCUT2D eigenvalue weighted by atomic mass is 35.5. The highest BCUT2D eigenvalue weighted by Crippen LogP contribution is 2.25. The molecular weight excluding hydrogens is 281 g/mol. The predicted molar refractivity (Wildman–Crippen MR) is 76.9 cm³/mol. The van der Waals surface area contributed by atoms with Gasteiger partial charge in [-0.05, 0) is 55.3 Å². The molecule has 2 N–H and O–H groups in total. The van der Waals surface area contributed by atoms with Crippen LogP contribution in [-0.2, 0) is 0 Å². The molecule has 104 valence electrons. The molecule has 0 aliphatic rings. The standard InChI is InChI=1S/C15H13ClFNO2/c1-8-6-14(19)9(2)5-13(8)18-15(20)10-3-4-11(16)12(17)7-10/h3-7,19H,1-2H3,(H,18,20). The second-order valence-electron chi connectivity index (χ2n) is 4.54. The second kappa shape index (κ2) is 5.51. The van der Waals surface area contributed by atoms with Gasteiger partial charge in [-0.3, -0.25) is 4.79 Å². The van der Waals surface area contributed by atoms with Gasteiger partial charge in [0.25, 0.3) is 5.91 Å². The van der Waals surface area contributed by atoms with E-state index in [1.807, 2.05) is 0 Å². The molecule has 0 fully saturated rings. The van der Waals surface area contributed by atoms with Gasteiger partial charge in [0.1, 0.15) is 11.6 Å². The number of hydrogen-bond acceptors (Lipinski definition) is 2. The van der Waals surface area contributed by atoms with Gasteiger partial charge >= 0.3 is 0 Å². The van der Waals surface area contributed by atoms with E-state index in [0.717, 1.165) is 11.6 Å². The van der Waals surface area contributed by atoms with Crippen LogP contribution in [0.3, 0.4) is 0 Å². The first kappa shape index (κ1) is 14.3. The fraction of sp³-hybridized carbons (Fsp3) is 0.133. The smallest absolute Gasteiger partial charge is 0.255 e. The minimum atomic E-state index is -0.641. The molecule has 0 saturated carbocycles. The molecule has 20 heavy (non-hydrogen) atoms. The molecule has 0 aliphatic carbocycles. The van der Waals surface area contributed by atoms with Crippen molar-refractivity contribution in [3.05, 3.63) is 57.9 Å². The Labute approximate surface area is 121 Å². The van der Waals surface area contributed by atoms with Gasteiger partial charge in [-0.25, -0.2) is 4.39 Å². The Hall–Kier alpha value is -2.07. The summed E-state index contributed by atoms with van der Waals surface area (Å²) in [6.07, 6.45) is 0. The number of carbonyl (C=O) groups is 1. The van der Waals surface area contributed by atoms with Crippen LogP contribution in [0.5, 0.6) is 5.75 Å². The van der Waals surface area contributed by atoms with E-state index in [1.54, 1.807) is 26.0 Å². The number of amides is 1. The van der Waals surface area contributed by atoms with E-state index in [9.17, 15) is 14.3 Å². The number of anilines is 1. The Morgan fingerprint density at radius 3 is 2.55 bits per heavy atom. The summed E-state index contributed by atoms with van der Waals surface area (Å²) in [7, 11) is 0. The zero-order chi connectivity index (χ0) is 14.9. The van der Waals surface area contributed by atoms with Crippen molar-refractivity contribution in [2.45, 2.75) is 13.8 Å². The third kappa shape index (κ3) is 2.91. The minimum Gasteiger partial charge on any atom is -0.508 e. The molecule has 0 spiro atoms. The molecule has 0 aromatic heterocycles. The Morgan fingerprint density at radius 2 is 1.90 bits per heavy atom. The number of carbonyl (C=O) groups excluding carboxylic acids is 1. The maximum atomic E-state index is 13.3. The summed E-state index contributed by atoms with van der Waals surface area (Å²) in [6.45, 7) is 3.49. The van der Waals surface area contributed by atoms with Crippen LogP contribution in [-0.4, -0.2) is 11.0 Å². The van der Waals surface area contributed by atoms with E-state index in [2.05, 4.69) is 5.32 Å². The summed E-state index contributed by atoms with van der Waals surface area (Å²) in [6, 6.07) is 7.09. The lowest BCUT2D eigenvalue weighted by Crippen LogP contribution is -2.13. The van der Waals surface area contributed by atoms with Gasteiger partial charge in [-0.2, -0.15) is 0 Å². The summed E-state index contributed by atoms with van der Waals surface area (Å²) in [4.78, 5) is 12.0. The van der Waals surface area contributed by atoms with Gasteiger partial charge in [0.2, 0.25) is 0 Å². The van der Waals surface area contributed by atoms with E-state index >= 15 is 0 Å². The fourth-order valence-corrected chi connectivity index (χ4v) is 1.89. The molecule has 1 amide bonds. The van der Waals surface area contributed by atoms with E-state index in [4.69, 9.17) is 11.6 Å². The number of rotatable bonds is 2. The summed E-state index contributed by atoms with van der Waals surface area (Å²) < 4.78 is 13.3. The Bertz CT molecular complexity index is 686. The molecule has 0 unspecified atom stereocenters. The van der Waals surface area contributed by atoms with Crippen LogP contribution in [0.25, 0.3) is 0 Å². The molecular formula is C15H13ClFNO2. The molecule has 0 saturated heterocycles. The lowest BCUT2D eigenvalue weighted by atomic mass is 10.1. The van der Waals surface area contributed by atoms with Crippen molar-refractivity contribution in [2.75, 3.05) is 5.32 Å². The van der Waals surface area contributed by atoms with Crippen molar-refractivity contribution in [3.8, 4) is 5.75 Å². The summed E-state index contributed by atoms with van der Waals surface area (Å²) >= 11 is 5.57. The Balaban J connectivity index is 2.27. The molecule has 0 aliphatic heterocycles. The molecule has 2 aromatic rings. The molecule has 0 bridgehead atoms. The molecule has 0 radical (unpaired) electrons. The predicted octanol–water partition coefficient (Wildman–Crippen LogP) is 4.05. The zero-order valence-corrected chi connectivity index (χ0v) is 11.8. The third-order valence-electron chi connectivity index (χ3n) is 2.97. The van der Waals surface area contributed by atoms with Crippen molar-refractivity contribution in [2.24, 2.45) is 0 Å². The number of benzene rings is 2. The first-order valence-electron chi connectivity index (χ1n) is 5.95. The van der Waals surface area contributed by atoms with Crippen LogP contribution in [0.1, 0.15) is 21.5 Å². The van der Waals surface area contributed by atoms with Gasteiger partial charge in [0.15, 0.2) is 0 Å². The quantitative estimate of drug-likeness (QED) is 0.821. The van der Waals surface area contributed by atoms with Gasteiger partial charge in [0.05, 0.1) is 5.02 Å². The number of aromatic hydroxyl groups is 1. The highest BCUT2D eigenvalue weighted by molar-refractivity contribution is 6.30. The van der Waals surface area contributed by atoms with Crippen molar-refractivity contribution in [3.63, 3.8) is 0 Å². The Morgan fingerprint density at radius 1 is 1.20 bits per heavy atom. The highest BCUT2D eigenvalue weighted by Gasteiger charge is 2.11. The van der Waals surface area contributed by atoms with Crippen LogP contribution < -0.4 is 5.32 Å². The number of halogens is 2. The van der Waals surface area contributed by atoms with Crippen molar-refractivity contribution in [1.29, 1.82) is 0 Å². The number of hydrogen-bond donors (Lipinski definition) is 2. The van der Waals surface area contributed by atoms with Crippen LogP contribution in [0.15, 0.2) is 30.3 Å². The largest absolute Gasteiger partial charge is 0.508 e.